The van der Waals surface area contributed by atoms with Crippen molar-refractivity contribution >= 4 is 33.0 Å². The predicted octanol–water partition coefficient (Wildman–Crippen LogP) is 18.1. The molecule has 0 fully saturated rings. The van der Waals surface area contributed by atoms with Crippen LogP contribution < -0.4 is 4.74 Å². The van der Waals surface area contributed by atoms with Crippen molar-refractivity contribution in [2.75, 3.05) is 18.1 Å². The highest BCUT2D eigenvalue weighted by Crippen LogP contribution is 2.26. The van der Waals surface area contributed by atoms with E-state index < -0.39 is 0 Å². The Kier molecular flexibility index (Phi) is 33.7. The molecule has 0 amide bonds. The molecule has 302 valence electrons. The quantitative estimate of drug-likeness (QED) is 0.0386. The van der Waals surface area contributed by atoms with Crippen molar-refractivity contribution in [1.82, 2.24) is 0 Å². The average Bonchev–Trinajstić information content (AvgIpc) is 3.18. The van der Waals surface area contributed by atoms with Crippen molar-refractivity contribution in [2.24, 2.45) is 10.2 Å². The van der Waals surface area contributed by atoms with Crippen molar-refractivity contribution in [3.05, 3.63) is 54.1 Å². The first kappa shape index (κ1) is 47.7. The van der Waals surface area contributed by atoms with E-state index in [9.17, 15) is 0 Å². The third-order valence-electron chi connectivity index (χ3n) is 10.4. The largest absolute Gasteiger partial charge is 0.494 e. The van der Waals surface area contributed by atoms with Gasteiger partial charge < -0.3 is 4.74 Å². The molecule has 3 nitrogen and oxygen atoms in total. The Bertz CT molecular complexity index is 1060. The fourth-order valence-electron chi connectivity index (χ4n) is 6.90. The van der Waals surface area contributed by atoms with Gasteiger partial charge in [0.2, 0.25) is 0 Å². The summed E-state index contributed by atoms with van der Waals surface area (Å²) >= 11 is 0. The van der Waals surface area contributed by atoms with Gasteiger partial charge in [0, 0.05) is 11.5 Å². The minimum atomic E-state index is 0.793. The van der Waals surface area contributed by atoms with E-state index in [2.05, 4.69) is 69.9 Å². The van der Waals surface area contributed by atoms with Crippen molar-refractivity contribution in [1.29, 1.82) is 0 Å². The molecule has 0 radical (unpaired) electrons. The zero-order chi connectivity index (χ0) is 37.5. The maximum absolute atomic E-state index is 5.97. The summed E-state index contributed by atoms with van der Waals surface area (Å²) in [5.74, 6) is 3.62. The van der Waals surface area contributed by atoms with E-state index in [1.54, 1.807) is 0 Å². The molecule has 0 unspecified atom stereocenters. The minimum absolute atomic E-state index is 0.793. The summed E-state index contributed by atoms with van der Waals surface area (Å²) in [5, 5.41) is 8.82. The van der Waals surface area contributed by atoms with E-state index in [4.69, 9.17) is 4.74 Å². The van der Waals surface area contributed by atoms with Gasteiger partial charge in [0.15, 0.2) is 0 Å². The van der Waals surface area contributed by atoms with E-state index in [1.807, 2.05) is 24.3 Å². The average molecular weight is 767 g/mol. The summed E-state index contributed by atoms with van der Waals surface area (Å²) in [6.07, 6.45) is 43.2. The first-order valence-corrected chi connectivity index (χ1v) is 25.3. The van der Waals surface area contributed by atoms with Crippen molar-refractivity contribution in [2.45, 2.75) is 213 Å². The lowest BCUT2D eigenvalue weighted by atomic mass is 10.0. The summed E-state index contributed by atoms with van der Waals surface area (Å²) in [7, 11) is 4.25. The van der Waals surface area contributed by atoms with Gasteiger partial charge in [-0.3, -0.25) is 0 Å². The summed E-state index contributed by atoms with van der Waals surface area (Å²) in [6, 6.07) is 16.5. The lowest BCUT2D eigenvalue weighted by molar-refractivity contribution is 0.304. The number of benzene rings is 2. The molecule has 0 N–H and O–H groups in total. The van der Waals surface area contributed by atoms with Gasteiger partial charge >= 0.3 is 0 Å². The molecule has 2 rings (SSSR count). The topological polar surface area (TPSA) is 34.0 Å². The molecule has 5 heteroatoms. The van der Waals surface area contributed by atoms with Gasteiger partial charge in [-0.2, -0.15) is 10.2 Å². The molecule has 0 saturated carbocycles. The highest BCUT2D eigenvalue weighted by Gasteiger charge is 2.00. The maximum Gasteiger partial charge on any atom is 0.119 e. The summed E-state index contributed by atoms with van der Waals surface area (Å²) < 4.78 is 5.97. The second-order valence-electron chi connectivity index (χ2n) is 15.5. The molecular weight excluding hydrogens is 685 g/mol. The highest BCUT2D eigenvalue weighted by molar-refractivity contribution is 8.76. The van der Waals surface area contributed by atoms with Gasteiger partial charge in [-0.05, 0) is 74.1 Å². The van der Waals surface area contributed by atoms with Crippen LogP contribution in [0.15, 0.2) is 58.8 Å². The Hall–Kier alpha value is -1.46. The van der Waals surface area contributed by atoms with E-state index >= 15 is 0 Å². The third-order valence-corrected chi connectivity index (χ3v) is 13.0. The zero-order valence-corrected chi connectivity index (χ0v) is 36.4. The molecule has 0 saturated heterocycles. The number of aryl methyl sites for hydroxylation is 1. The zero-order valence-electron chi connectivity index (χ0n) is 34.8. The molecule has 2 aromatic rings. The van der Waals surface area contributed by atoms with E-state index in [0.29, 0.717) is 0 Å². The fraction of sp³-hybridized carbons (Fsp3) is 0.750. The molecule has 0 aliphatic carbocycles. The summed E-state index contributed by atoms with van der Waals surface area (Å²) in [4.78, 5) is 0. The predicted molar refractivity (Wildman–Crippen MR) is 241 cm³/mol. The lowest BCUT2D eigenvalue weighted by Crippen LogP contribution is -1.96. The van der Waals surface area contributed by atoms with Gasteiger partial charge in [0.1, 0.15) is 5.75 Å². The van der Waals surface area contributed by atoms with Gasteiger partial charge in [0.25, 0.3) is 0 Å². The van der Waals surface area contributed by atoms with Crippen LogP contribution in [0.4, 0.5) is 11.4 Å². The molecule has 2 aromatic carbocycles. The van der Waals surface area contributed by atoms with Crippen LogP contribution in [0.3, 0.4) is 0 Å². The smallest absolute Gasteiger partial charge is 0.119 e. The number of nitrogens with zero attached hydrogens (tertiary/aromatic N) is 2. The summed E-state index contributed by atoms with van der Waals surface area (Å²) in [6.45, 7) is 5.35. The molecule has 0 aliphatic rings. The van der Waals surface area contributed by atoms with Gasteiger partial charge in [-0.15, -0.1) is 0 Å². The Morgan fingerprint density at radius 3 is 1.13 bits per heavy atom. The van der Waals surface area contributed by atoms with Crippen LogP contribution >= 0.6 is 21.6 Å². The third kappa shape index (κ3) is 30.4. The standard InChI is InChI=1S/C48H82N2OS2/c1-3-5-7-9-10-11-12-13-14-15-16-18-21-24-27-31-43-52-53-44-32-28-25-22-19-17-20-23-26-30-42-51-48-40-38-47(39-41-48)50-49-46-36-34-45(35-37-46)33-29-8-6-4-2/h34-41H,3-33,42-44H2,1-2H3. The second-order valence-corrected chi connectivity index (χ2v) is 18.2. The molecule has 0 aliphatic heterocycles. The van der Waals surface area contributed by atoms with Crippen LogP contribution in [0, 0.1) is 0 Å². The Morgan fingerprint density at radius 2 is 0.717 bits per heavy atom. The van der Waals surface area contributed by atoms with Gasteiger partial charge in [-0.1, -0.05) is 215 Å². The highest BCUT2D eigenvalue weighted by atomic mass is 33.1. The molecular formula is C48H82N2OS2. The Balaban J connectivity index is 1.26. The van der Waals surface area contributed by atoms with Gasteiger partial charge in [0.05, 0.1) is 18.0 Å². The molecule has 0 heterocycles. The molecule has 0 bridgehead atoms. The minimum Gasteiger partial charge on any atom is -0.494 e. The van der Waals surface area contributed by atoms with E-state index in [1.165, 1.54) is 203 Å². The van der Waals surface area contributed by atoms with Crippen LogP contribution in [-0.2, 0) is 6.42 Å². The molecule has 0 spiro atoms. The lowest BCUT2D eigenvalue weighted by Gasteiger charge is -2.06. The Labute approximate surface area is 337 Å². The van der Waals surface area contributed by atoms with Crippen molar-refractivity contribution in [3.8, 4) is 5.75 Å². The number of hydrogen-bond donors (Lipinski definition) is 0. The molecule has 53 heavy (non-hydrogen) atoms. The number of ether oxygens (including phenoxy) is 1. The van der Waals surface area contributed by atoms with Crippen LogP contribution in [0.1, 0.15) is 212 Å². The number of unbranched alkanes of at least 4 members (excludes halogenated alkanes) is 27. The number of azo groups is 1. The maximum atomic E-state index is 5.97. The summed E-state index contributed by atoms with van der Waals surface area (Å²) in [5.41, 5.74) is 3.14. The SMILES string of the molecule is CCCCCCCCCCCCCCCCCCSSCCCCCCCCCCCCOc1ccc(N=Nc2ccc(CCCCCC)cc2)cc1. The van der Waals surface area contributed by atoms with Crippen LogP contribution in [0.25, 0.3) is 0 Å². The van der Waals surface area contributed by atoms with Crippen LogP contribution in [0.5, 0.6) is 5.75 Å². The molecule has 0 aromatic heterocycles. The van der Waals surface area contributed by atoms with Crippen molar-refractivity contribution < 1.29 is 4.74 Å². The number of rotatable bonds is 39. The van der Waals surface area contributed by atoms with E-state index in [0.717, 1.165) is 36.6 Å². The molecule has 0 atom stereocenters. The Morgan fingerprint density at radius 1 is 0.377 bits per heavy atom. The normalized spacial score (nSPS) is 11.6. The second kappa shape index (κ2) is 37.5. The van der Waals surface area contributed by atoms with Gasteiger partial charge in [-0.25, -0.2) is 0 Å². The first-order chi connectivity index (χ1) is 26.3. The fourth-order valence-corrected chi connectivity index (χ4v) is 9.20. The van der Waals surface area contributed by atoms with Crippen LogP contribution in [0.2, 0.25) is 0 Å². The monoisotopic (exact) mass is 767 g/mol. The van der Waals surface area contributed by atoms with E-state index in [-0.39, 0.29) is 0 Å². The van der Waals surface area contributed by atoms with Crippen molar-refractivity contribution in [3.63, 3.8) is 0 Å². The van der Waals surface area contributed by atoms with Crippen LogP contribution in [-0.4, -0.2) is 18.1 Å². The first-order valence-electron chi connectivity index (χ1n) is 22.8. The number of hydrogen-bond acceptors (Lipinski definition) is 5.